The van der Waals surface area contributed by atoms with E-state index in [0.717, 1.165) is 37.3 Å². The molecule has 1 saturated carbocycles. The van der Waals surface area contributed by atoms with Gasteiger partial charge in [-0.05, 0) is 61.1 Å². The summed E-state index contributed by atoms with van der Waals surface area (Å²) in [4.78, 5) is 4.38. The van der Waals surface area contributed by atoms with Crippen LogP contribution in [0.15, 0.2) is 42.6 Å². The summed E-state index contributed by atoms with van der Waals surface area (Å²) in [6.07, 6.45) is 12.6. The number of terminal acetylenes is 1. The van der Waals surface area contributed by atoms with Gasteiger partial charge in [0.15, 0.2) is 0 Å². The number of aryl methyl sites for hydroxylation is 1. The Labute approximate surface area is 150 Å². The normalized spacial score (nSPS) is 19.5. The molecule has 1 fully saturated rings. The van der Waals surface area contributed by atoms with Crippen molar-refractivity contribution in [3.8, 4) is 18.1 Å². The lowest BCUT2D eigenvalue weighted by atomic mass is 10.0. The number of nitrogens with one attached hydrogen (secondary N) is 1. The van der Waals surface area contributed by atoms with Crippen LogP contribution < -0.4 is 10.1 Å². The molecule has 0 spiro atoms. The third-order valence-corrected chi connectivity index (χ3v) is 4.86. The highest BCUT2D eigenvalue weighted by atomic mass is 16.5. The molecule has 1 aliphatic carbocycles. The van der Waals surface area contributed by atoms with Crippen molar-refractivity contribution in [1.29, 1.82) is 0 Å². The molecule has 0 saturated heterocycles. The molecule has 2 atom stereocenters. The number of rotatable bonds is 7. The molecule has 1 aliphatic rings. The van der Waals surface area contributed by atoms with Crippen LogP contribution in [0.1, 0.15) is 43.0 Å². The zero-order valence-electron chi connectivity index (χ0n) is 14.9. The Bertz CT molecular complexity index is 721. The number of ether oxygens (including phenoxy) is 1. The summed E-state index contributed by atoms with van der Waals surface area (Å²) in [5.74, 6) is 3.69. The number of hydrogen-bond acceptors (Lipinski definition) is 3. The smallest absolute Gasteiger partial charge is 0.120 e. The van der Waals surface area contributed by atoms with E-state index in [1.807, 2.05) is 18.3 Å². The van der Waals surface area contributed by atoms with E-state index in [4.69, 9.17) is 11.2 Å². The number of pyridine rings is 1. The van der Waals surface area contributed by atoms with Gasteiger partial charge in [-0.1, -0.05) is 19.1 Å². The predicted molar refractivity (Wildman–Crippen MR) is 101 cm³/mol. The first-order valence-electron chi connectivity index (χ1n) is 9.15. The standard InChI is InChI=1S/C22H26N2O/c1-3-8-18-12-13-20(15-17(18)4-2)25-22-11-7-10-21(22)24-16-19-9-5-6-14-23-19/h1,5-6,9,12-15,21-22,24H,4,7-8,10-11,16H2,2H3. The van der Waals surface area contributed by atoms with Crippen LogP contribution in [0.4, 0.5) is 0 Å². The second-order valence-electron chi connectivity index (χ2n) is 6.56. The number of benzene rings is 1. The van der Waals surface area contributed by atoms with Gasteiger partial charge in [0, 0.05) is 25.2 Å². The molecule has 3 heteroatoms. The van der Waals surface area contributed by atoms with E-state index in [-0.39, 0.29) is 6.10 Å². The largest absolute Gasteiger partial charge is 0.489 e. The maximum absolute atomic E-state index is 6.32. The lowest BCUT2D eigenvalue weighted by Crippen LogP contribution is -2.38. The monoisotopic (exact) mass is 334 g/mol. The first kappa shape index (κ1) is 17.5. The van der Waals surface area contributed by atoms with E-state index in [2.05, 4.69) is 47.4 Å². The molecule has 3 nitrogen and oxygen atoms in total. The molecule has 0 bridgehead atoms. The van der Waals surface area contributed by atoms with Gasteiger partial charge in [-0.25, -0.2) is 0 Å². The average molecular weight is 334 g/mol. The van der Waals surface area contributed by atoms with Crippen molar-refractivity contribution in [2.45, 2.75) is 57.7 Å². The Hall–Kier alpha value is -2.31. The molecule has 2 unspecified atom stereocenters. The van der Waals surface area contributed by atoms with Crippen molar-refractivity contribution in [2.75, 3.05) is 0 Å². The van der Waals surface area contributed by atoms with Gasteiger partial charge in [0.25, 0.3) is 0 Å². The fraction of sp³-hybridized carbons (Fsp3) is 0.409. The van der Waals surface area contributed by atoms with Crippen molar-refractivity contribution >= 4 is 0 Å². The summed E-state index contributed by atoms with van der Waals surface area (Å²) in [6.45, 7) is 2.94. The maximum Gasteiger partial charge on any atom is 0.120 e. The third kappa shape index (κ3) is 4.61. The summed E-state index contributed by atoms with van der Waals surface area (Å²) in [5.41, 5.74) is 3.58. The predicted octanol–water partition coefficient (Wildman–Crippen LogP) is 3.91. The topological polar surface area (TPSA) is 34.1 Å². The van der Waals surface area contributed by atoms with E-state index in [9.17, 15) is 0 Å². The molecule has 25 heavy (non-hydrogen) atoms. The highest BCUT2D eigenvalue weighted by Gasteiger charge is 2.28. The summed E-state index contributed by atoms with van der Waals surface area (Å²) in [6, 6.07) is 12.7. The van der Waals surface area contributed by atoms with E-state index in [1.54, 1.807) is 0 Å². The number of hydrogen-bond donors (Lipinski definition) is 1. The van der Waals surface area contributed by atoms with Gasteiger partial charge < -0.3 is 10.1 Å². The SMILES string of the molecule is C#CCc1ccc(OC2CCCC2NCc2ccccn2)cc1CC. The van der Waals surface area contributed by atoms with Crippen molar-refractivity contribution in [3.05, 3.63) is 59.4 Å². The average Bonchev–Trinajstić information content (AvgIpc) is 3.09. The summed E-state index contributed by atoms with van der Waals surface area (Å²) in [5, 5.41) is 3.61. The molecular weight excluding hydrogens is 308 g/mol. The van der Waals surface area contributed by atoms with Gasteiger partial charge in [-0.15, -0.1) is 12.3 Å². The van der Waals surface area contributed by atoms with E-state index in [0.29, 0.717) is 12.5 Å². The highest BCUT2D eigenvalue weighted by Crippen LogP contribution is 2.27. The summed E-state index contributed by atoms with van der Waals surface area (Å²) < 4.78 is 6.32. The molecule has 1 N–H and O–H groups in total. The molecule has 1 aromatic carbocycles. The Morgan fingerprint density at radius 3 is 2.92 bits per heavy atom. The van der Waals surface area contributed by atoms with Crippen molar-refractivity contribution in [1.82, 2.24) is 10.3 Å². The molecule has 0 amide bonds. The van der Waals surface area contributed by atoms with Gasteiger partial charge >= 0.3 is 0 Å². The fourth-order valence-electron chi connectivity index (χ4n) is 3.50. The van der Waals surface area contributed by atoms with E-state index >= 15 is 0 Å². The van der Waals surface area contributed by atoms with Crippen molar-refractivity contribution in [3.63, 3.8) is 0 Å². The Kier molecular flexibility index (Phi) is 6.09. The minimum atomic E-state index is 0.215. The van der Waals surface area contributed by atoms with Gasteiger partial charge in [0.1, 0.15) is 11.9 Å². The molecule has 130 valence electrons. The van der Waals surface area contributed by atoms with Crippen LogP contribution in [0.25, 0.3) is 0 Å². The second-order valence-corrected chi connectivity index (χ2v) is 6.56. The minimum absolute atomic E-state index is 0.215. The van der Waals surface area contributed by atoms with Crippen LogP contribution in [0.5, 0.6) is 5.75 Å². The van der Waals surface area contributed by atoms with Gasteiger partial charge in [-0.3, -0.25) is 4.98 Å². The Morgan fingerprint density at radius 2 is 2.16 bits per heavy atom. The lowest BCUT2D eigenvalue weighted by molar-refractivity contribution is 0.173. The van der Waals surface area contributed by atoms with Gasteiger partial charge in [0.2, 0.25) is 0 Å². The Balaban J connectivity index is 1.62. The van der Waals surface area contributed by atoms with Crippen LogP contribution in [-0.2, 0) is 19.4 Å². The zero-order valence-corrected chi connectivity index (χ0v) is 14.9. The van der Waals surface area contributed by atoms with E-state index < -0.39 is 0 Å². The van der Waals surface area contributed by atoms with Crippen molar-refractivity contribution < 1.29 is 4.74 Å². The Morgan fingerprint density at radius 1 is 1.24 bits per heavy atom. The fourth-order valence-corrected chi connectivity index (χ4v) is 3.50. The minimum Gasteiger partial charge on any atom is -0.489 e. The van der Waals surface area contributed by atoms with E-state index in [1.165, 1.54) is 17.5 Å². The van der Waals surface area contributed by atoms with Crippen molar-refractivity contribution in [2.24, 2.45) is 0 Å². The molecule has 3 rings (SSSR count). The quantitative estimate of drug-likeness (QED) is 0.780. The maximum atomic E-state index is 6.32. The molecular formula is C22H26N2O. The van der Waals surface area contributed by atoms with Crippen LogP contribution in [0.2, 0.25) is 0 Å². The van der Waals surface area contributed by atoms with Crippen LogP contribution in [0, 0.1) is 12.3 Å². The molecule has 1 heterocycles. The highest BCUT2D eigenvalue weighted by molar-refractivity contribution is 5.37. The van der Waals surface area contributed by atoms with Crippen LogP contribution in [-0.4, -0.2) is 17.1 Å². The molecule has 1 aromatic heterocycles. The molecule has 0 radical (unpaired) electrons. The molecule has 0 aliphatic heterocycles. The molecule has 2 aromatic rings. The summed E-state index contributed by atoms with van der Waals surface area (Å²) in [7, 11) is 0. The van der Waals surface area contributed by atoms with Gasteiger partial charge in [-0.2, -0.15) is 0 Å². The zero-order chi connectivity index (χ0) is 17.5. The summed E-state index contributed by atoms with van der Waals surface area (Å²) >= 11 is 0. The first-order valence-corrected chi connectivity index (χ1v) is 9.15. The lowest BCUT2D eigenvalue weighted by Gasteiger charge is -2.23. The third-order valence-electron chi connectivity index (χ3n) is 4.86. The number of aromatic nitrogens is 1. The first-order chi connectivity index (χ1) is 12.3. The van der Waals surface area contributed by atoms with Crippen LogP contribution in [0.3, 0.4) is 0 Å². The van der Waals surface area contributed by atoms with Gasteiger partial charge in [0.05, 0.1) is 5.69 Å². The number of nitrogens with zero attached hydrogens (tertiary/aromatic N) is 1. The second kappa shape index (κ2) is 8.69. The van der Waals surface area contributed by atoms with Crippen LogP contribution >= 0.6 is 0 Å².